The summed E-state index contributed by atoms with van der Waals surface area (Å²) in [7, 11) is 0. The van der Waals surface area contributed by atoms with E-state index < -0.39 is 0 Å². The number of hydrogen-bond acceptors (Lipinski definition) is 2. The summed E-state index contributed by atoms with van der Waals surface area (Å²) in [6.07, 6.45) is 0. The number of hydrogen-bond donors (Lipinski definition) is 2. The molecule has 0 radical (unpaired) electrons. The maximum absolute atomic E-state index is 12.5. The van der Waals surface area contributed by atoms with Gasteiger partial charge >= 0.3 is 0 Å². The van der Waals surface area contributed by atoms with E-state index in [1.165, 1.54) is 3.57 Å². The number of rotatable bonds is 2. The maximum atomic E-state index is 12.5. The molecule has 3 aromatic carbocycles. The van der Waals surface area contributed by atoms with Gasteiger partial charge in [-0.05, 0) is 94.8 Å². The summed E-state index contributed by atoms with van der Waals surface area (Å²) in [5.74, 6) is -0.219. The van der Waals surface area contributed by atoms with Crippen LogP contribution in [0.15, 0.2) is 54.6 Å². The van der Waals surface area contributed by atoms with E-state index in [9.17, 15) is 4.79 Å². The van der Waals surface area contributed by atoms with E-state index in [2.05, 4.69) is 39.3 Å². The Morgan fingerprint density at radius 2 is 1.68 bits per heavy atom. The van der Waals surface area contributed by atoms with Gasteiger partial charge in [-0.1, -0.05) is 30.3 Å². The molecular formula is C20H17IN2OS. The van der Waals surface area contributed by atoms with Gasteiger partial charge in [0.2, 0.25) is 0 Å². The first-order valence-corrected chi connectivity index (χ1v) is 9.30. The van der Waals surface area contributed by atoms with Crippen LogP contribution in [-0.4, -0.2) is 11.0 Å². The van der Waals surface area contributed by atoms with Gasteiger partial charge in [0.05, 0.1) is 0 Å². The number of carbonyl (C=O) groups is 1. The van der Waals surface area contributed by atoms with Crippen LogP contribution in [0.4, 0.5) is 5.69 Å². The number of anilines is 1. The lowest BCUT2D eigenvalue weighted by Crippen LogP contribution is -2.34. The number of benzene rings is 3. The summed E-state index contributed by atoms with van der Waals surface area (Å²) >= 11 is 7.60. The molecule has 0 atom stereocenters. The summed E-state index contributed by atoms with van der Waals surface area (Å²) < 4.78 is 1.20. The van der Waals surface area contributed by atoms with Gasteiger partial charge in [0.15, 0.2) is 5.11 Å². The molecule has 126 valence electrons. The molecule has 25 heavy (non-hydrogen) atoms. The second kappa shape index (κ2) is 7.49. The van der Waals surface area contributed by atoms with Crippen molar-refractivity contribution in [2.75, 3.05) is 5.32 Å². The summed E-state index contributed by atoms with van der Waals surface area (Å²) in [4.78, 5) is 12.5. The van der Waals surface area contributed by atoms with Crippen LogP contribution in [0, 0.1) is 17.4 Å². The molecule has 0 saturated heterocycles. The van der Waals surface area contributed by atoms with Crippen molar-refractivity contribution in [1.29, 1.82) is 0 Å². The molecule has 0 spiro atoms. The van der Waals surface area contributed by atoms with Crippen molar-refractivity contribution < 1.29 is 4.79 Å². The van der Waals surface area contributed by atoms with Gasteiger partial charge in [-0.2, -0.15) is 0 Å². The SMILES string of the molecule is Cc1cc(NC(=S)NC(=O)c2ccc3ccccc3c2)c(C)cc1I. The van der Waals surface area contributed by atoms with Crippen molar-refractivity contribution >= 4 is 62.3 Å². The third-order valence-electron chi connectivity index (χ3n) is 3.99. The fraction of sp³-hybridized carbons (Fsp3) is 0.100. The molecule has 0 heterocycles. The van der Waals surface area contributed by atoms with E-state index in [1.807, 2.05) is 56.3 Å². The van der Waals surface area contributed by atoms with E-state index in [0.717, 1.165) is 27.6 Å². The Bertz CT molecular complexity index is 985. The van der Waals surface area contributed by atoms with Crippen molar-refractivity contribution in [1.82, 2.24) is 5.32 Å². The molecule has 2 N–H and O–H groups in total. The average molecular weight is 460 g/mol. The summed E-state index contributed by atoms with van der Waals surface area (Å²) in [5, 5.41) is 8.28. The molecule has 0 unspecified atom stereocenters. The minimum Gasteiger partial charge on any atom is -0.332 e. The van der Waals surface area contributed by atoms with Crippen LogP contribution in [-0.2, 0) is 0 Å². The molecule has 3 nitrogen and oxygen atoms in total. The van der Waals surface area contributed by atoms with E-state index in [-0.39, 0.29) is 5.91 Å². The van der Waals surface area contributed by atoms with Gasteiger partial charge in [0, 0.05) is 14.8 Å². The van der Waals surface area contributed by atoms with Gasteiger partial charge in [0.25, 0.3) is 5.91 Å². The van der Waals surface area contributed by atoms with Crippen molar-refractivity contribution in [3.8, 4) is 0 Å². The molecule has 0 bridgehead atoms. The Kier molecular flexibility index (Phi) is 5.34. The second-order valence-electron chi connectivity index (χ2n) is 5.89. The molecule has 1 amide bonds. The lowest BCUT2D eigenvalue weighted by atomic mass is 10.1. The van der Waals surface area contributed by atoms with Crippen LogP contribution in [0.1, 0.15) is 21.5 Å². The lowest BCUT2D eigenvalue weighted by molar-refractivity contribution is 0.0978. The topological polar surface area (TPSA) is 41.1 Å². The fourth-order valence-corrected chi connectivity index (χ4v) is 3.40. The Labute approximate surface area is 166 Å². The highest BCUT2D eigenvalue weighted by molar-refractivity contribution is 14.1. The number of fused-ring (bicyclic) bond motifs is 1. The minimum absolute atomic E-state index is 0.219. The largest absolute Gasteiger partial charge is 0.332 e. The van der Waals surface area contributed by atoms with Crippen molar-refractivity contribution in [2.24, 2.45) is 0 Å². The molecule has 0 aliphatic rings. The highest BCUT2D eigenvalue weighted by Crippen LogP contribution is 2.22. The van der Waals surface area contributed by atoms with Crippen LogP contribution >= 0.6 is 34.8 Å². The van der Waals surface area contributed by atoms with Crippen molar-refractivity contribution in [3.63, 3.8) is 0 Å². The van der Waals surface area contributed by atoms with E-state index in [0.29, 0.717) is 10.7 Å². The number of nitrogens with one attached hydrogen (secondary N) is 2. The lowest BCUT2D eigenvalue weighted by Gasteiger charge is -2.13. The first-order chi connectivity index (χ1) is 11.9. The predicted octanol–water partition coefficient (Wildman–Crippen LogP) is 5.19. The molecule has 0 fully saturated rings. The predicted molar refractivity (Wildman–Crippen MR) is 116 cm³/mol. The molecule has 5 heteroatoms. The zero-order chi connectivity index (χ0) is 18.0. The highest BCUT2D eigenvalue weighted by Gasteiger charge is 2.10. The van der Waals surface area contributed by atoms with Crippen molar-refractivity contribution in [3.05, 3.63) is 74.9 Å². The minimum atomic E-state index is -0.219. The Hall–Kier alpha value is -1.99. The number of amides is 1. The number of aryl methyl sites for hydroxylation is 2. The van der Waals surface area contributed by atoms with E-state index >= 15 is 0 Å². The van der Waals surface area contributed by atoms with E-state index in [1.54, 1.807) is 6.07 Å². The molecule has 0 aliphatic heterocycles. The molecule has 0 aliphatic carbocycles. The Morgan fingerprint density at radius 3 is 2.44 bits per heavy atom. The number of halogens is 1. The normalized spacial score (nSPS) is 10.5. The summed E-state index contributed by atoms with van der Waals surface area (Å²) in [5.41, 5.74) is 3.73. The zero-order valence-corrected chi connectivity index (χ0v) is 16.9. The monoisotopic (exact) mass is 460 g/mol. The van der Waals surface area contributed by atoms with Crippen molar-refractivity contribution in [2.45, 2.75) is 13.8 Å². The summed E-state index contributed by atoms with van der Waals surface area (Å²) in [6, 6.07) is 17.7. The quantitative estimate of drug-likeness (QED) is 0.409. The van der Waals surface area contributed by atoms with Gasteiger partial charge in [-0.15, -0.1) is 0 Å². The third-order valence-corrected chi connectivity index (χ3v) is 5.36. The van der Waals surface area contributed by atoms with Crippen LogP contribution in [0.3, 0.4) is 0 Å². The van der Waals surface area contributed by atoms with Crippen LogP contribution in [0.5, 0.6) is 0 Å². The Balaban J connectivity index is 1.73. The smallest absolute Gasteiger partial charge is 0.257 e. The second-order valence-corrected chi connectivity index (χ2v) is 7.46. The fourth-order valence-electron chi connectivity index (χ4n) is 2.58. The molecular weight excluding hydrogens is 443 g/mol. The molecule has 3 rings (SSSR count). The van der Waals surface area contributed by atoms with Crippen LogP contribution in [0.2, 0.25) is 0 Å². The third kappa shape index (κ3) is 4.16. The zero-order valence-electron chi connectivity index (χ0n) is 13.9. The average Bonchev–Trinajstić information content (AvgIpc) is 2.59. The Morgan fingerprint density at radius 1 is 0.960 bits per heavy atom. The maximum Gasteiger partial charge on any atom is 0.257 e. The first kappa shape index (κ1) is 17.8. The summed E-state index contributed by atoms with van der Waals surface area (Å²) in [6.45, 7) is 4.06. The van der Waals surface area contributed by atoms with E-state index in [4.69, 9.17) is 12.2 Å². The number of carbonyl (C=O) groups excluding carboxylic acids is 1. The molecule has 3 aromatic rings. The van der Waals surface area contributed by atoms with Gasteiger partial charge in [0.1, 0.15) is 0 Å². The highest BCUT2D eigenvalue weighted by atomic mass is 127. The van der Waals surface area contributed by atoms with Crippen LogP contribution < -0.4 is 10.6 Å². The van der Waals surface area contributed by atoms with Gasteiger partial charge in [-0.3, -0.25) is 10.1 Å². The first-order valence-electron chi connectivity index (χ1n) is 7.82. The van der Waals surface area contributed by atoms with Gasteiger partial charge in [-0.25, -0.2) is 0 Å². The standard InChI is InChI=1S/C20H17IN2OS/c1-12-10-18(13(2)9-17(12)21)22-20(25)23-19(24)16-8-7-14-5-3-4-6-15(14)11-16/h3-11H,1-2H3,(H2,22,23,24,25). The van der Waals surface area contributed by atoms with Gasteiger partial charge < -0.3 is 5.32 Å². The molecule has 0 aromatic heterocycles. The number of thiocarbonyl (C=S) groups is 1. The van der Waals surface area contributed by atoms with Crippen LogP contribution in [0.25, 0.3) is 10.8 Å². The molecule has 0 saturated carbocycles.